The highest BCUT2D eigenvalue weighted by Gasteiger charge is 2.10. The van der Waals surface area contributed by atoms with Gasteiger partial charge in [-0.1, -0.05) is 12.1 Å². The van der Waals surface area contributed by atoms with Crippen LogP contribution in [0.25, 0.3) is 10.9 Å². The van der Waals surface area contributed by atoms with Gasteiger partial charge in [0, 0.05) is 22.7 Å². The number of aromatic nitrogens is 1. The van der Waals surface area contributed by atoms with Crippen LogP contribution in [0.5, 0.6) is 0 Å². The Morgan fingerprint density at radius 1 is 1.14 bits per heavy atom. The second-order valence-electron chi connectivity index (χ2n) is 4.74. The molecule has 106 valence electrons. The number of benzene rings is 2. The molecule has 0 unspecified atom stereocenters. The molecule has 21 heavy (non-hydrogen) atoms. The molecule has 3 aromatic rings. The molecule has 0 saturated heterocycles. The maximum absolute atomic E-state index is 13.7. The van der Waals surface area contributed by atoms with Gasteiger partial charge in [-0.25, -0.2) is 13.6 Å². The predicted octanol–water partition coefficient (Wildman–Crippen LogP) is 3.67. The Morgan fingerprint density at radius 3 is 2.71 bits per heavy atom. The smallest absolute Gasteiger partial charge is 0.335 e. The van der Waals surface area contributed by atoms with E-state index in [0.29, 0.717) is 0 Å². The lowest BCUT2D eigenvalue weighted by molar-refractivity contribution is 0.0697. The monoisotopic (exact) mass is 287 g/mol. The molecule has 0 spiro atoms. The van der Waals surface area contributed by atoms with Crippen molar-refractivity contribution in [2.75, 3.05) is 0 Å². The van der Waals surface area contributed by atoms with Crippen LogP contribution < -0.4 is 0 Å². The molecular formula is C16H11F2NO2. The summed E-state index contributed by atoms with van der Waals surface area (Å²) in [7, 11) is 0. The zero-order chi connectivity index (χ0) is 15.0. The molecule has 5 heteroatoms. The summed E-state index contributed by atoms with van der Waals surface area (Å²) < 4.78 is 28.7. The van der Waals surface area contributed by atoms with Crippen molar-refractivity contribution in [1.82, 2.24) is 4.57 Å². The van der Waals surface area contributed by atoms with E-state index in [9.17, 15) is 13.6 Å². The highest BCUT2D eigenvalue weighted by atomic mass is 19.2. The van der Waals surface area contributed by atoms with E-state index < -0.39 is 17.6 Å². The Hall–Kier alpha value is -2.69. The molecule has 0 aliphatic carbocycles. The number of halogens is 2. The van der Waals surface area contributed by atoms with Crippen LogP contribution in [-0.4, -0.2) is 15.6 Å². The molecule has 0 fully saturated rings. The number of aromatic carboxylic acids is 1. The molecule has 0 bridgehead atoms. The number of hydrogen-bond donors (Lipinski definition) is 1. The Kier molecular flexibility index (Phi) is 3.17. The highest BCUT2D eigenvalue weighted by Crippen LogP contribution is 2.20. The van der Waals surface area contributed by atoms with Crippen molar-refractivity contribution >= 4 is 16.9 Å². The van der Waals surface area contributed by atoms with Crippen molar-refractivity contribution in [2.45, 2.75) is 6.54 Å². The minimum atomic E-state index is -0.999. The fourth-order valence-electron chi connectivity index (χ4n) is 2.33. The first-order valence-electron chi connectivity index (χ1n) is 6.31. The van der Waals surface area contributed by atoms with E-state index >= 15 is 0 Å². The number of rotatable bonds is 3. The maximum atomic E-state index is 13.7. The van der Waals surface area contributed by atoms with Gasteiger partial charge in [0.05, 0.1) is 12.1 Å². The van der Waals surface area contributed by atoms with Crippen molar-refractivity contribution in [2.24, 2.45) is 0 Å². The number of fused-ring (bicyclic) bond motifs is 1. The van der Waals surface area contributed by atoms with Crippen molar-refractivity contribution < 1.29 is 18.7 Å². The molecule has 0 saturated carbocycles. The molecule has 2 aromatic carbocycles. The summed E-state index contributed by atoms with van der Waals surface area (Å²) in [5.74, 6) is -2.74. The number of nitrogens with zero attached hydrogens (tertiary/aromatic N) is 1. The van der Waals surface area contributed by atoms with Gasteiger partial charge in [-0.15, -0.1) is 0 Å². The lowest BCUT2D eigenvalue weighted by Crippen LogP contribution is -2.02. The average Bonchev–Trinajstić information content (AvgIpc) is 2.86. The molecule has 1 aromatic heterocycles. The largest absolute Gasteiger partial charge is 0.478 e. The Balaban J connectivity index is 2.02. The van der Waals surface area contributed by atoms with E-state index in [1.165, 1.54) is 18.2 Å². The van der Waals surface area contributed by atoms with E-state index in [4.69, 9.17) is 5.11 Å². The third-order valence-electron chi connectivity index (χ3n) is 3.39. The van der Waals surface area contributed by atoms with Gasteiger partial charge in [0.15, 0.2) is 11.6 Å². The summed E-state index contributed by atoms with van der Waals surface area (Å²) in [6.07, 6.45) is 1.72. The summed E-state index contributed by atoms with van der Waals surface area (Å²) in [5, 5.41) is 9.70. The quantitative estimate of drug-likeness (QED) is 0.798. The summed E-state index contributed by atoms with van der Waals surface area (Å²) in [6, 6.07) is 10.5. The summed E-state index contributed by atoms with van der Waals surface area (Å²) in [6.45, 7) is 0.180. The van der Waals surface area contributed by atoms with Gasteiger partial charge in [0.2, 0.25) is 0 Å². The van der Waals surface area contributed by atoms with Crippen LogP contribution in [0.2, 0.25) is 0 Å². The van der Waals surface area contributed by atoms with E-state index in [1.54, 1.807) is 29.0 Å². The van der Waals surface area contributed by atoms with Gasteiger partial charge in [-0.3, -0.25) is 0 Å². The average molecular weight is 287 g/mol. The van der Waals surface area contributed by atoms with Gasteiger partial charge >= 0.3 is 5.97 Å². The minimum absolute atomic E-state index is 0.180. The normalized spacial score (nSPS) is 11.0. The van der Waals surface area contributed by atoms with Crippen LogP contribution in [0.3, 0.4) is 0 Å². The van der Waals surface area contributed by atoms with E-state index in [0.717, 1.165) is 17.0 Å². The molecule has 1 heterocycles. The second kappa shape index (κ2) is 5.01. The van der Waals surface area contributed by atoms with Crippen LogP contribution >= 0.6 is 0 Å². The van der Waals surface area contributed by atoms with E-state index in [-0.39, 0.29) is 17.7 Å². The number of hydrogen-bond acceptors (Lipinski definition) is 1. The molecule has 0 radical (unpaired) electrons. The van der Waals surface area contributed by atoms with Crippen molar-refractivity contribution in [3.8, 4) is 0 Å². The molecule has 0 amide bonds. The van der Waals surface area contributed by atoms with Crippen LogP contribution in [0, 0.1) is 11.6 Å². The summed E-state index contributed by atoms with van der Waals surface area (Å²) in [5.41, 5.74) is 1.20. The first kappa shape index (κ1) is 13.3. The van der Waals surface area contributed by atoms with Crippen molar-refractivity contribution in [3.05, 3.63) is 71.4 Å². The first-order valence-corrected chi connectivity index (χ1v) is 6.31. The molecule has 1 N–H and O–H groups in total. The SMILES string of the molecule is O=C(O)c1ccc2c(ccn2Cc2cccc(F)c2F)c1. The minimum Gasteiger partial charge on any atom is -0.478 e. The Bertz CT molecular complexity index is 839. The third kappa shape index (κ3) is 2.38. The lowest BCUT2D eigenvalue weighted by atomic mass is 10.1. The lowest BCUT2D eigenvalue weighted by Gasteiger charge is -2.07. The topological polar surface area (TPSA) is 42.2 Å². The molecule has 3 rings (SSSR count). The number of carboxylic acids is 1. The standard InChI is InChI=1S/C16H11F2NO2/c17-13-3-1-2-12(15(13)18)9-19-7-6-10-8-11(16(20)21)4-5-14(10)19/h1-8H,9H2,(H,20,21). The second-order valence-corrected chi connectivity index (χ2v) is 4.74. The summed E-state index contributed by atoms with van der Waals surface area (Å²) in [4.78, 5) is 10.9. The van der Waals surface area contributed by atoms with Crippen LogP contribution in [-0.2, 0) is 6.54 Å². The van der Waals surface area contributed by atoms with Gasteiger partial charge in [0.1, 0.15) is 0 Å². The van der Waals surface area contributed by atoms with E-state index in [1.807, 2.05) is 0 Å². The number of carbonyl (C=O) groups is 1. The fraction of sp³-hybridized carbons (Fsp3) is 0.0625. The molecule has 3 nitrogen and oxygen atoms in total. The Labute approximate surface area is 119 Å². The zero-order valence-electron chi connectivity index (χ0n) is 10.9. The molecule has 0 aliphatic heterocycles. The van der Waals surface area contributed by atoms with E-state index in [2.05, 4.69) is 0 Å². The van der Waals surface area contributed by atoms with Gasteiger partial charge < -0.3 is 9.67 Å². The van der Waals surface area contributed by atoms with Gasteiger partial charge in [-0.2, -0.15) is 0 Å². The molecular weight excluding hydrogens is 276 g/mol. The maximum Gasteiger partial charge on any atom is 0.335 e. The third-order valence-corrected chi connectivity index (χ3v) is 3.39. The highest BCUT2D eigenvalue weighted by molar-refractivity contribution is 5.93. The predicted molar refractivity (Wildman–Crippen MR) is 74.4 cm³/mol. The fourth-order valence-corrected chi connectivity index (χ4v) is 2.33. The van der Waals surface area contributed by atoms with Crippen molar-refractivity contribution in [3.63, 3.8) is 0 Å². The first-order chi connectivity index (χ1) is 10.1. The summed E-state index contributed by atoms with van der Waals surface area (Å²) >= 11 is 0. The van der Waals surface area contributed by atoms with Crippen molar-refractivity contribution in [1.29, 1.82) is 0 Å². The van der Waals surface area contributed by atoms with Crippen LogP contribution in [0.4, 0.5) is 8.78 Å². The van der Waals surface area contributed by atoms with Crippen LogP contribution in [0.1, 0.15) is 15.9 Å². The molecule has 0 atom stereocenters. The van der Waals surface area contributed by atoms with Gasteiger partial charge in [0.25, 0.3) is 0 Å². The zero-order valence-corrected chi connectivity index (χ0v) is 10.9. The Morgan fingerprint density at radius 2 is 1.95 bits per heavy atom. The molecule has 0 aliphatic rings. The van der Waals surface area contributed by atoms with Gasteiger partial charge in [-0.05, 0) is 30.3 Å². The van der Waals surface area contributed by atoms with Crippen LogP contribution in [0.15, 0.2) is 48.7 Å². The number of carboxylic acid groups (broad SMARTS) is 1.